The summed E-state index contributed by atoms with van der Waals surface area (Å²) >= 11 is 0. The number of nitrogens with zero attached hydrogens (tertiary/aromatic N) is 6. The van der Waals surface area contributed by atoms with Crippen LogP contribution in [0.5, 0.6) is 5.75 Å². The third kappa shape index (κ3) is 5.21. The Balaban J connectivity index is 1.33. The van der Waals surface area contributed by atoms with Gasteiger partial charge in [0.25, 0.3) is 6.85 Å². The van der Waals surface area contributed by atoms with Crippen LogP contribution in [-0.4, -0.2) is 42.9 Å². The van der Waals surface area contributed by atoms with Gasteiger partial charge in [0.15, 0.2) is 0 Å². The summed E-state index contributed by atoms with van der Waals surface area (Å²) < 4.78 is 24.2. The number of pyridine rings is 1. The molecule has 0 atom stereocenters. The molecule has 0 bridgehead atoms. The average Bonchev–Trinajstić information content (AvgIpc) is 3.58. The number of halogens is 1. The maximum absolute atomic E-state index is 14.2. The molecule has 0 radical (unpaired) electrons. The highest BCUT2D eigenvalue weighted by atomic mass is 19.1. The molecule has 0 spiro atoms. The lowest BCUT2D eigenvalue weighted by Crippen LogP contribution is -2.26. The predicted molar refractivity (Wildman–Crippen MR) is 151 cm³/mol. The molecular formula is C30H30BFN6O. The normalized spacial score (nSPS) is 13.0. The fourth-order valence-electron chi connectivity index (χ4n) is 5.01. The van der Waals surface area contributed by atoms with E-state index in [0.29, 0.717) is 29.7 Å². The van der Waals surface area contributed by atoms with E-state index in [-0.39, 0.29) is 12.7 Å². The zero-order chi connectivity index (χ0) is 26.9. The number of imidazole rings is 1. The van der Waals surface area contributed by atoms with Gasteiger partial charge in [0.2, 0.25) is 0 Å². The van der Waals surface area contributed by atoms with Crippen molar-refractivity contribution in [2.75, 3.05) is 6.61 Å². The van der Waals surface area contributed by atoms with Gasteiger partial charge in [0.05, 0.1) is 24.3 Å². The van der Waals surface area contributed by atoms with E-state index in [9.17, 15) is 4.39 Å². The monoisotopic (exact) mass is 520 g/mol. The van der Waals surface area contributed by atoms with E-state index in [0.717, 1.165) is 47.4 Å². The van der Waals surface area contributed by atoms with Crippen LogP contribution in [0.3, 0.4) is 0 Å². The van der Waals surface area contributed by atoms with Gasteiger partial charge >= 0.3 is 0 Å². The molecule has 1 saturated carbocycles. The van der Waals surface area contributed by atoms with Gasteiger partial charge in [0, 0.05) is 36.1 Å². The van der Waals surface area contributed by atoms with Crippen molar-refractivity contribution in [2.45, 2.75) is 32.9 Å². The van der Waals surface area contributed by atoms with Crippen LogP contribution in [0.4, 0.5) is 4.39 Å². The van der Waals surface area contributed by atoms with Gasteiger partial charge in [-0.25, -0.2) is 9.37 Å². The first-order chi connectivity index (χ1) is 19.0. The maximum Gasteiger partial charge on any atom is 0.287 e. The van der Waals surface area contributed by atoms with Gasteiger partial charge in [-0.1, -0.05) is 47.9 Å². The lowest BCUT2D eigenvalue weighted by Gasteiger charge is -2.14. The molecule has 0 amide bonds. The first kappa shape index (κ1) is 25.0. The fraction of sp³-hybridized carbons (Fsp3) is 0.267. The number of ether oxygens (including phenoxy) is 1. The van der Waals surface area contributed by atoms with Crippen molar-refractivity contribution in [2.24, 2.45) is 13.0 Å². The summed E-state index contributed by atoms with van der Waals surface area (Å²) in [6.45, 7) is 4.95. The first-order valence-corrected chi connectivity index (χ1v) is 13.3. The molecule has 1 aliphatic carbocycles. The lowest BCUT2D eigenvalue weighted by atomic mass is 9.60. The number of hydrogen-bond donors (Lipinski definition) is 0. The molecule has 7 nitrogen and oxygen atoms in total. The number of hydrogen-bond acceptors (Lipinski definition) is 5. The fourth-order valence-corrected chi connectivity index (χ4v) is 5.01. The highest BCUT2D eigenvalue weighted by Crippen LogP contribution is 2.38. The summed E-state index contributed by atoms with van der Waals surface area (Å²) in [6.07, 6.45) is 6.71. The van der Waals surface area contributed by atoms with Gasteiger partial charge in [-0.05, 0) is 56.3 Å². The summed E-state index contributed by atoms with van der Waals surface area (Å²) in [7, 11) is 1.92. The topological polar surface area (TPSA) is 70.7 Å². The molecule has 0 aliphatic heterocycles. The summed E-state index contributed by atoms with van der Waals surface area (Å²) in [5, 5.41) is 9.03. The van der Waals surface area contributed by atoms with Gasteiger partial charge in [0.1, 0.15) is 23.0 Å². The number of rotatable bonds is 9. The summed E-state index contributed by atoms with van der Waals surface area (Å²) in [6, 6.07) is 19.0. The van der Waals surface area contributed by atoms with Crippen LogP contribution >= 0.6 is 0 Å². The van der Waals surface area contributed by atoms with Crippen molar-refractivity contribution in [3.8, 4) is 39.7 Å². The van der Waals surface area contributed by atoms with Gasteiger partial charge < -0.3 is 9.30 Å². The van der Waals surface area contributed by atoms with E-state index in [1.165, 1.54) is 17.7 Å². The van der Waals surface area contributed by atoms with Crippen molar-refractivity contribution < 1.29 is 9.13 Å². The molecule has 0 unspecified atom stereocenters. The number of aromatic nitrogens is 6. The van der Waals surface area contributed by atoms with Crippen LogP contribution in [0, 0.1) is 18.7 Å². The highest BCUT2D eigenvalue weighted by molar-refractivity contribution is 6.54. The Morgan fingerprint density at radius 3 is 2.64 bits per heavy atom. The van der Waals surface area contributed by atoms with E-state index >= 15 is 0 Å². The number of aryl methyl sites for hydroxylation is 1. The van der Waals surface area contributed by atoms with Crippen LogP contribution in [-0.2, 0) is 13.4 Å². The third-order valence-corrected chi connectivity index (χ3v) is 7.30. The third-order valence-electron chi connectivity index (χ3n) is 7.30. The summed E-state index contributed by atoms with van der Waals surface area (Å²) in [4.78, 5) is 9.33. The molecule has 196 valence electrons. The molecule has 39 heavy (non-hydrogen) atoms. The molecule has 5 aromatic rings. The van der Waals surface area contributed by atoms with Crippen LogP contribution in [0.1, 0.15) is 24.1 Å². The minimum absolute atomic E-state index is 0.157. The molecule has 0 N–H and O–H groups in total. The quantitative estimate of drug-likeness (QED) is 0.227. The molecule has 2 aromatic carbocycles. The second-order valence-electron chi connectivity index (χ2n) is 10.4. The molecule has 3 aromatic heterocycles. The van der Waals surface area contributed by atoms with E-state index in [4.69, 9.17) is 4.74 Å². The molecule has 1 aliphatic rings. The van der Waals surface area contributed by atoms with Crippen LogP contribution in [0.15, 0.2) is 73.2 Å². The summed E-state index contributed by atoms with van der Waals surface area (Å²) in [5.41, 5.74) is 6.99. The Labute approximate surface area is 227 Å². The van der Waals surface area contributed by atoms with Gasteiger partial charge in [-0.3, -0.25) is 9.58 Å². The van der Waals surface area contributed by atoms with E-state index in [2.05, 4.69) is 51.4 Å². The Bertz CT molecular complexity index is 1610. The largest absolute Gasteiger partial charge is 0.492 e. The smallest absolute Gasteiger partial charge is 0.287 e. The van der Waals surface area contributed by atoms with Gasteiger partial charge in [-0.2, -0.15) is 0 Å². The van der Waals surface area contributed by atoms with E-state index < -0.39 is 0 Å². The maximum atomic E-state index is 14.2. The van der Waals surface area contributed by atoms with Crippen molar-refractivity contribution in [1.29, 1.82) is 0 Å². The zero-order valence-corrected chi connectivity index (χ0v) is 22.4. The standard InChI is InChI=1S/C30H30BFN6O/c1-20-28(35-36-38(20)31(2)17-21-7-5-4-6-8-21)23-13-14-33-26(15-23)29-30(37(3)19-34-29)25-12-11-24(32)16-27(25)39-18-22-9-10-22/h4-8,11-16,19,22H,9-10,17-18H2,1-3H3. The Morgan fingerprint density at radius 1 is 1.03 bits per heavy atom. The van der Waals surface area contributed by atoms with E-state index in [1.54, 1.807) is 18.6 Å². The minimum Gasteiger partial charge on any atom is -0.492 e. The van der Waals surface area contributed by atoms with Crippen molar-refractivity contribution >= 4 is 6.85 Å². The minimum atomic E-state index is -0.326. The first-order valence-electron chi connectivity index (χ1n) is 13.3. The lowest BCUT2D eigenvalue weighted by molar-refractivity contribution is 0.299. The number of benzene rings is 2. The molecule has 9 heteroatoms. The Morgan fingerprint density at radius 2 is 1.85 bits per heavy atom. The Kier molecular flexibility index (Phi) is 6.73. The van der Waals surface area contributed by atoms with Crippen LogP contribution in [0.25, 0.3) is 33.9 Å². The van der Waals surface area contributed by atoms with Crippen molar-refractivity contribution in [1.82, 2.24) is 29.4 Å². The van der Waals surface area contributed by atoms with Crippen molar-refractivity contribution in [3.05, 3.63) is 90.3 Å². The molecule has 3 heterocycles. The van der Waals surface area contributed by atoms with E-state index in [1.807, 2.05) is 41.3 Å². The Hall–Kier alpha value is -4.27. The SMILES string of the molecule is CB(Cc1ccccc1)n1nnc(-c2ccnc(-c3ncn(C)c3-c3ccc(F)cc3OCC3CC3)c2)c1C. The summed E-state index contributed by atoms with van der Waals surface area (Å²) in [5.74, 6) is 0.750. The van der Waals surface area contributed by atoms with Gasteiger partial charge in [-0.15, -0.1) is 5.10 Å². The highest BCUT2D eigenvalue weighted by Gasteiger charge is 2.25. The second-order valence-corrected chi connectivity index (χ2v) is 10.4. The molecule has 1 fully saturated rings. The van der Waals surface area contributed by atoms with Crippen molar-refractivity contribution in [3.63, 3.8) is 0 Å². The second kappa shape index (κ2) is 10.5. The predicted octanol–water partition coefficient (Wildman–Crippen LogP) is 5.90. The molecule has 6 rings (SSSR count). The molecular weight excluding hydrogens is 490 g/mol. The van der Waals surface area contributed by atoms with Crippen LogP contribution in [0.2, 0.25) is 6.82 Å². The average molecular weight is 520 g/mol. The zero-order valence-electron chi connectivity index (χ0n) is 22.4. The van der Waals surface area contributed by atoms with Crippen LogP contribution < -0.4 is 4.74 Å². The molecule has 0 saturated heterocycles.